The van der Waals surface area contributed by atoms with Gasteiger partial charge in [0.25, 0.3) is 5.91 Å². The summed E-state index contributed by atoms with van der Waals surface area (Å²) in [6.07, 6.45) is 3.26. The van der Waals surface area contributed by atoms with Crippen molar-refractivity contribution in [3.05, 3.63) is 59.7 Å². The zero-order chi connectivity index (χ0) is 24.0. The van der Waals surface area contributed by atoms with Crippen molar-refractivity contribution in [3.63, 3.8) is 0 Å². The van der Waals surface area contributed by atoms with Crippen molar-refractivity contribution in [2.75, 3.05) is 0 Å². The first-order chi connectivity index (χ1) is 16.2. The molecule has 6 rings (SSSR count). The normalized spacial score (nSPS) is 24.1. The second-order valence-electron chi connectivity index (χ2n) is 9.10. The Bertz CT molecular complexity index is 1190. The number of fused-ring (bicyclic) bond motifs is 2. The number of aryl methyl sites for hydroxylation is 2. The number of carbonyl (C=O) groups excluding carboxylic acids is 1. The van der Waals surface area contributed by atoms with Gasteiger partial charge in [-0.05, 0) is 56.6 Å². The summed E-state index contributed by atoms with van der Waals surface area (Å²) in [6.45, 7) is 3.93. The molecule has 2 saturated heterocycles. The van der Waals surface area contributed by atoms with Gasteiger partial charge in [0.15, 0.2) is 11.4 Å². The zero-order valence-corrected chi connectivity index (χ0v) is 18.8. The van der Waals surface area contributed by atoms with E-state index in [0.29, 0.717) is 30.1 Å². The summed E-state index contributed by atoms with van der Waals surface area (Å²) in [5, 5.41) is 8.32. The molecule has 2 aliphatic heterocycles. The number of pyridine rings is 1. The number of nitrogens with zero attached hydrogens (tertiary/aromatic N) is 7. The molecule has 1 aliphatic carbocycles. The number of hydrogen-bond acceptors (Lipinski definition) is 6. The van der Waals surface area contributed by atoms with Gasteiger partial charge in [0.1, 0.15) is 5.69 Å². The highest BCUT2D eigenvalue weighted by atomic mass is 19.4. The van der Waals surface area contributed by atoms with Crippen LogP contribution in [0.4, 0.5) is 13.2 Å². The largest absolute Gasteiger partial charge is 0.434 e. The summed E-state index contributed by atoms with van der Waals surface area (Å²) in [6, 6.07) is 3.53. The number of hydrogen-bond donors (Lipinski definition) is 0. The van der Waals surface area contributed by atoms with Crippen LogP contribution in [0.3, 0.4) is 0 Å². The van der Waals surface area contributed by atoms with E-state index in [4.69, 9.17) is 0 Å². The molecular formula is C23H24F3N7O. The lowest BCUT2D eigenvalue weighted by atomic mass is 9.64. The van der Waals surface area contributed by atoms with Gasteiger partial charge in [-0.15, -0.1) is 4.80 Å². The Balaban J connectivity index is 1.43. The van der Waals surface area contributed by atoms with Gasteiger partial charge in [-0.1, -0.05) is 6.92 Å². The molecule has 178 valence electrons. The Morgan fingerprint density at radius 1 is 1.12 bits per heavy atom. The van der Waals surface area contributed by atoms with Crippen molar-refractivity contribution in [1.82, 2.24) is 34.8 Å². The van der Waals surface area contributed by atoms with E-state index in [9.17, 15) is 18.0 Å². The lowest BCUT2D eigenvalue weighted by Gasteiger charge is -2.57. The first-order valence-electron chi connectivity index (χ1n) is 11.3. The van der Waals surface area contributed by atoms with Crippen molar-refractivity contribution in [2.45, 2.75) is 57.8 Å². The Morgan fingerprint density at radius 3 is 2.56 bits per heavy atom. The summed E-state index contributed by atoms with van der Waals surface area (Å²) < 4.78 is 39.1. The fourth-order valence-corrected chi connectivity index (χ4v) is 5.13. The monoisotopic (exact) mass is 471 g/mol. The molecule has 3 aromatic rings. The van der Waals surface area contributed by atoms with E-state index < -0.39 is 11.9 Å². The number of rotatable bonds is 5. The highest BCUT2D eigenvalue weighted by Crippen LogP contribution is 2.48. The predicted molar refractivity (Wildman–Crippen MR) is 115 cm³/mol. The molecule has 0 spiro atoms. The van der Waals surface area contributed by atoms with Gasteiger partial charge >= 0.3 is 6.18 Å². The molecule has 5 heterocycles. The average Bonchev–Trinajstić information content (AvgIpc) is 3.31. The minimum absolute atomic E-state index is 0.0898. The number of aromatic nitrogens is 6. The number of carbonyl (C=O) groups is 1. The van der Waals surface area contributed by atoms with Crippen molar-refractivity contribution in [3.8, 4) is 5.69 Å². The van der Waals surface area contributed by atoms with E-state index in [2.05, 4.69) is 32.1 Å². The lowest BCUT2D eigenvalue weighted by molar-refractivity contribution is -0.141. The summed E-state index contributed by atoms with van der Waals surface area (Å²) in [4.78, 5) is 29.1. The third kappa shape index (κ3) is 4.03. The molecule has 8 nitrogen and oxygen atoms in total. The number of alkyl halides is 3. The minimum atomic E-state index is -4.54. The molecule has 3 fully saturated rings. The SMILES string of the molecule is Cc1ccc(-n2nccn2)c(C(=O)N2C3CC(C3)[C@@H](C)C2CCc2cncc(C(F)(F)F)n2)n1. The van der Waals surface area contributed by atoms with E-state index in [1.807, 2.05) is 11.8 Å². The Kier molecular flexibility index (Phi) is 5.57. The standard InChI is InChI=1S/C23H24F3N7O/c1-13-3-5-19(33-28-7-8-29-33)21(30-13)22(34)32-17-9-15(10-17)14(2)18(32)6-4-16-11-27-12-20(31-16)23(24,25)26/h3,5,7-8,11-12,14-15,17-18H,4,6,9-10H2,1-2H3/t14-,15?,17?,18?/m1/s1. The molecule has 2 bridgehead atoms. The van der Waals surface area contributed by atoms with Crippen LogP contribution in [0.25, 0.3) is 5.69 Å². The van der Waals surface area contributed by atoms with E-state index in [1.165, 1.54) is 23.4 Å². The number of amides is 1. The maximum Gasteiger partial charge on any atom is 0.434 e. The van der Waals surface area contributed by atoms with Gasteiger partial charge in [0, 0.05) is 24.0 Å². The Morgan fingerprint density at radius 2 is 1.85 bits per heavy atom. The molecule has 3 aromatic heterocycles. The molecule has 11 heteroatoms. The van der Waals surface area contributed by atoms with Gasteiger partial charge in [0.2, 0.25) is 0 Å². The van der Waals surface area contributed by atoms with E-state index >= 15 is 0 Å². The van der Waals surface area contributed by atoms with Crippen molar-refractivity contribution in [2.24, 2.45) is 11.8 Å². The van der Waals surface area contributed by atoms with E-state index in [1.54, 1.807) is 12.1 Å². The molecular weight excluding hydrogens is 447 g/mol. The van der Waals surface area contributed by atoms with Crippen molar-refractivity contribution in [1.29, 1.82) is 0 Å². The second-order valence-corrected chi connectivity index (χ2v) is 9.10. The smallest absolute Gasteiger partial charge is 0.331 e. The third-order valence-electron chi connectivity index (χ3n) is 7.01. The molecule has 1 unspecified atom stereocenters. The number of piperidine rings is 2. The molecule has 1 amide bonds. The van der Waals surface area contributed by atoms with Crippen LogP contribution in [0.1, 0.15) is 53.8 Å². The van der Waals surface area contributed by atoms with Crippen LogP contribution in [0.15, 0.2) is 36.9 Å². The van der Waals surface area contributed by atoms with Crippen LogP contribution < -0.4 is 0 Å². The summed E-state index contributed by atoms with van der Waals surface area (Å²) in [5.74, 6) is 0.513. The van der Waals surface area contributed by atoms with Crippen molar-refractivity contribution >= 4 is 5.91 Å². The van der Waals surface area contributed by atoms with Gasteiger partial charge < -0.3 is 4.90 Å². The van der Waals surface area contributed by atoms with Crippen LogP contribution in [0, 0.1) is 18.8 Å². The first-order valence-corrected chi connectivity index (χ1v) is 11.3. The van der Waals surface area contributed by atoms with Crippen LogP contribution >= 0.6 is 0 Å². The Labute approximate surface area is 194 Å². The fraction of sp³-hybridized carbons (Fsp3) is 0.478. The molecule has 1 saturated carbocycles. The summed E-state index contributed by atoms with van der Waals surface area (Å²) in [5.41, 5.74) is 0.739. The van der Waals surface area contributed by atoms with Crippen molar-refractivity contribution < 1.29 is 18.0 Å². The quantitative estimate of drug-likeness (QED) is 0.564. The van der Waals surface area contributed by atoms with Gasteiger partial charge in [-0.25, -0.2) is 9.97 Å². The lowest BCUT2D eigenvalue weighted by Crippen LogP contribution is -2.63. The van der Waals surface area contributed by atoms with Gasteiger partial charge in [-0.2, -0.15) is 23.4 Å². The van der Waals surface area contributed by atoms with Crippen LogP contribution in [-0.4, -0.2) is 52.8 Å². The molecule has 2 atom stereocenters. The van der Waals surface area contributed by atoms with E-state index in [-0.39, 0.29) is 35.3 Å². The minimum Gasteiger partial charge on any atom is -0.331 e. The maximum absolute atomic E-state index is 13.9. The van der Waals surface area contributed by atoms with Crippen LogP contribution in [0.2, 0.25) is 0 Å². The second kappa shape index (κ2) is 8.44. The van der Waals surface area contributed by atoms with Crippen LogP contribution in [-0.2, 0) is 12.6 Å². The first kappa shape index (κ1) is 22.4. The Hall–Kier alpha value is -3.37. The van der Waals surface area contributed by atoms with E-state index in [0.717, 1.165) is 19.0 Å². The summed E-state index contributed by atoms with van der Waals surface area (Å²) >= 11 is 0. The topological polar surface area (TPSA) is 89.7 Å². The fourth-order valence-electron chi connectivity index (χ4n) is 5.13. The predicted octanol–water partition coefficient (Wildman–Crippen LogP) is 3.65. The van der Waals surface area contributed by atoms with Gasteiger partial charge in [0.05, 0.1) is 24.3 Å². The molecule has 3 aliphatic rings. The average molecular weight is 471 g/mol. The molecule has 34 heavy (non-hydrogen) atoms. The van der Waals surface area contributed by atoms with Crippen LogP contribution in [0.5, 0.6) is 0 Å². The highest BCUT2D eigenvalue weighted by molar-refractivity contribution is 5.96. The molecule has 0 radical (unpaired) electrons. The molecule has 0 N–H and O–H groups in total. The number of halogens is 3. The molecule has 0 aromatic carbocycles. The van der Waals surface area contributed by atoms with Gasteiger partial charge in [-0.3, -0.25) is 9.78 Å². The third-order valence-corrected chi connectivity index (χ3v) is 7.01. The zero-order valence-electron chi connectivity index (χ0n) is 18.8. The maximum atomic E-state index is 13.9. The highest BCUT2D eigenvalue weighted by Gasteiger charge is 2.51. The summed E-state index contributed by atoms with van der Waals surface area (Å²) in [7, 11) is 0.